The standard InChI is InChI=1S/C14H11FN2O3/c1-9(18)13-7-10(15)5-6-14(13)16-11-3-2-4-12(8-11)17(19)20/h2-8,16H,1H3. The number of rotatable bonds is 4. The number of halogens is 1. The van der Waals surface area contributed by atoms with E-state index >= 15 is 0 Å². The first-order valence-electron chi connectivity index (χ1n) is 5.79. The van der Waals surface area contributed by atoms with Crippen molar-refractivity contribution in [2.45, 2.75) is 6.92 Å². The number of benzene rings is 2. The predicted molar refractivity (Wildman–Crippen MR) is 72.8 cm³/mol. The lowest BCUT2D eigenvalue weighted by Crippen LogP contribution is -2.01. The van der Waals surface area contributed by atoms with Gasteiger partial charge in [-0.25, -0.2) is 4.39 Å². The van der Waals surface area contributed by atoms with Crippen LogP contribution in [-0.4, -0.2) is 10.7 Å². The van der Waals surface area contributed by atoms with Crippen molar-refractivity contribution in [3.05, 3.63) is 64.0 Å². The number of nitro benzene ring substituents is 1. The van der Waals surface area contributed by atoms with Crippen molar-refractivity contribution in [3.8, 4) is 0 Å². The maximum Gasteiger partial charge on any atom is 0.271 e. The Morgan fingerprint density at radius 1 is 1.25 bits per heavy atom. The average Bonchev–Trinajstić information content (AvgIpc) is 2.41. The lowest BCUT2D eigenvalue weighted by molar-refractivity contribution is -0.384. The van der Waals surface area contributed by atoms with Gasteiger partial charge in [0.15, 0.2) is 5.78 Å². The highest BCUT2D eigenvalue weighted by atomic mass is 19.1. The van der Waals surface area contributed by atoms with Crippen LogP contribution in [0.2, 0.25) is 0 Å². The molecule has 102 valence electrons. The maximum absolute atomic E-state index is 13.1. The molecular formula is C14H11FN2O3. The highest BCUT2D eigenvalue weighted by molar-refractivity contribution is 6.00. The highest BCUT2D eigenvalue weighted by Crippen LogP contribution is 2.25. The Morgan fingerprint density at radius 2 is 2.00 bits per heavy atom. The molecule has 0 aliphatic heterocycles. The summed E-state index contributed by atoms with van der Waals surface area (Å²) < 4.78 is 13.1. The molecule has 0 aliphatic rings. The Bertz CT molecular complexity index is 686. The van der Waals surface area contributed by atoms with Gasteiger partial charge in [-0.1, -0.05) is 6.07 Å². The molecule has 2 aromatic carbocycles. The van der Waals surface area contributed by atoms with E-state index in [4.69, 9.17) is 0 Å². The zero-order valence-corrected chi connectivity index (χ0v) is 10.6. The Hall–Kier alpha value is -2.76. The van der Waals surface area contributed by atoms with E-state index in [1.54, 1.807) is 6.07 Å². The second-order valence-electron chi connectivity index (χ2n) is 4.18. The summed E-state index contributed by atoms with van der Waals surface area (Å²) in [6.07, 6.45) is 0. The minimum Gasteiger partial charge on any atom is -0.355 e. The van der Waals surface area contributed by atoms with Crippen LogP contribution in [0.1, 0.15) is 17.3 Å². The Balaban J connectivity index is 2.37. The van der Waals surface area contributed by atoms with Gasteiger partial charge in [-0.2, -0.15) is 0 Å². The number of carbonyl (C=O) groups excluding carboxylic acids is 1. The Morgan fingerprint density at radius 3 is 2.65 bits per heavy atom. The molecule has 2 rings (SSSR count). The van der Waals surface area contributed by atoms with Gasteiger partial charge in [-0.15, -0.1) is 0 Å². The molecule has 0 spiro atoms. The summed E-state index contributed by atoms with van der Waals surface area (Å²) in [4.78, 5) is 21.7. The lowest BCUT2D eigenvalue weighted by atomic mass is 10.1. The van der Waals surface area contributed by atoms with Gasteiger partial charge in [-0.3, -0.25) is 14.9 Å². The largest absolute Gasteiger partial charge is 0.355 e. The second kappa shape index (κ2) is 5.48. The van der Waals surface area contributed by atoms with Crippen molar-refractivity contribution in [2.24, 2.45) is 0 Å². The third kappa shape index (κ3) is 2.97. The molecule has 0 saturated heterocycles. The predicted octanol–water partition coefficient (Wildman–Crippen LogP) is 3.68. The zero-order chi connectivity index (χ0) is 14.7. The summed E-state index contributed by atoms with van der Waals surface area (Å²) >= 11 is 0. The molecule has 0 aliphatic carbocycles. The smallest absolute Gasteiger partial charge is 0.271 e. The van der Waals surface area contributed by atoms with E-state index in [2.05, 4.69) is 5.32 Å². The molecule has 0 heterocycles. The van der Waals surface area contributed by atoms with E-state index in [9.17, 15) is 19.3 Å². The second-order valence-corrected chi connectivity index (χ2v) is 4.18. The van der Waals surface area contributed by atoms with Crippen molar-refractivity contribution in [3.63, 3.8) is 0 Å². The number of nitrogens with one attached hydrogen (secondary N) is 1. The average molecular weight is 274 g/mol. The van der Waals surface area contributed by atoms with E-state index < -0.39 is 10.7 Å². The van der Waals surface area contributed by atoms with Gasteiger partial charge >= 0.3 is 0 Å². The number of Topliss-reactive ketones (excluding diaryl/α,β-unsaturated/α-hetero) is 1. The van der Waals surface area contributed by atoms with Crippen LogP contribution >= 0.6 is 0 Å². The number of hydrogen-bond acceptors (Lipinski definition) is 4. The summed E-state index contributed by atoms with van der Waals surface area (Å²) in [5, 5.41) is 13.6. The summed E-state index contributed by atoms with van der Waals surface area (Å²) in [7, 11) is 0. The Kier molecular flexibility index (Phi) is 3.74. The monoisotopic (exact) mass is 274 g/mol. The number of non-ortho nitro benzene ring substituents is 1. The molecule has 20 heavy (non-hydrogen) atoms. The van der Waals surface area contributed by atoms with E-state index in [-0.39, 0.29) is 17.0 Å². The third-order valence-electron chi connectivity index (χ3n) is 2.70. The van der Waals surface area contributed by atoms with Gasteiger partial charge in [0.1, 0.15) is 5.82 Å². The first kappa shape index (κ1) is 13.7. The minimum absolute atomic E-state index is 0.0681. The van der Waals surface area contributed by atoms with Crippen LogP contribution in [0.15, 0.2) is 42.5 Å². The molecule has 0 bridgehead atoms. The molecule has 2 aromatic rings. The van der Waals surface area contributed by atoms with Crippen LogP contribution in [0.5, 0.6) is 0 Å². The lowest BCUT2D eigenvalue weighted by Gasteiger charge is -2.10. The van der Waals surface area contributed by atoms with Gasteiger partial charge in [-0.05, 0) is 31.2 Å². The molecule has 6 heteroatoms. The number of nitrogens with zero attached hydrogens (tertiary/aromatic N) is 1. The number of anilines is 2. The molecule has 0 radical (unpaired) electrons. The Labute approximate surface area is 114 Å². The van der Waals surface area contributed by atoms with Gasteiger partial charge in [0.2, 0.25) is 0 Å². The quantitative estimate of drug-likeness (QED) is 0.524. The van der Waals surface area contributed by atoms with Gasteiger partial charge in [0.05, 0.1) is 4.92 Å². The fourth-order valence-corrected chi connectivity index (χ4v) is 1.77. The summed E-state index contributed by atoms with van der Waals surface area (Å²) in [6, 6.07) is 9.62. The fraction of sp³-hybridized carbons (Fsp3) is 0.0714. The van der Waals surface area contributed by atoms with Crippen molar-refractivity contribution in [1.29, 1.82) is 0 Å². The first-order valence-corrected chi connectivity index (χ1v) is 5.79. The van der Waals surface area contributed by atoms with Crippen molar-refractivity contribution >= 4 is 22.8 Å². The molecule has 1 N–H and O–H groups in total. The van der Waals surface area contributed by atoms with E-state index in [0.717, 1.165) is 6.07 Å². The molecule has 0 atom stereocenters. The van der Waals surface area contributed by atoms with Crippen molar-refractivity contribution in [2.75, 3.05) is 5.32 Å². The number of ketones is 1. The third-order valence-corrected chi connectivity index (χ3v) is 2.70. The number of carbonyl (C=O) groups is 1. The minimum atomic E-state index is -0.514. The summed E-state index contributed by atoms with van der Waals surface area (Å²) in [5.41, 5.74) is 0.977. The highest BCUT2D eigenvalue weighted by Gasteiger charge is 2.11. The summed E-state index contributed by atoms with van der Waals surface area (Å²) in [6.45, 7) is 1.33. The maximum atomic E-state index is 13.1. The van der Waals surface area contributed by atoms with Crippen LogP contribution in [0.25, 0.3) is 0 Å². The molecular weight excluding hydrogens is 263 g/mol. The van der Waals surface area contributed by atoms with Gasteiger partial charge in [0, 0.05) is 29.1 Å². The van der Waals surface area contributed by atoms with Crippen LogP contribution < -0.4 is 5.32 Å². The molecule has 0 aromatic heterocycles. The van der Waals surface area contributed by atoms with Crippen LogP contribution in [0.4, 0.5) is 21.5 Å². The van der Waals surface area contributed by atoms with Crippen LogP contribution in [-0.2, 0) is 0 Å². The molecule has 0 unspecified atom stereocenters. The normalized spacial score (nSPS) is 10.1. The molecule has 0 amide bonds. The van der Waals surface area contributed by atoms with E-state index in [0.29, 0.717) is 11.4 Å². The van der Waals surface area contributed by atoms with Crippen molar-refractivity contribution in [1.82, 2.24) is 0 Å². The van der Waals surface area contributed by atoms with E-state index in [1.165, 1.54) is 37.3 Å². The first-order chi connectivity index (χ1) is 9.47. The molecule has 0 saturated carbocycles. The van der Waals surface area contributed by atoms with Gasteiger partial charge in [0.25, 0.3) is 5.69 Å². The molecule has 0 fully saturated rings. The van der Waals surface area contributed by atoms with E-state index in [1.807, 2.05) is 0 Å². The fourth-order valence-electron chi connectivity index (χ4n) is 1.77. The van der Waals surface area contributed by atoms with Gasteiger partial charge < -0.3 is 5.32 Å². The van der Waals surface area contributed by atoms with Crippen LogP contribution in [0.3, 0.4) is 0 Å². The zero-order valence-electron chi connectivity index (χ0n) is 10.6. The van der Waals surface area contributed by atoms with Crippen LogP contribution in [0, 0.1) is 15.9 Å². The summed E-state index contributed by atoms with van der Waals surface area (Å²) in [5.74, 6) is -0.808. The molecule has 5 nitrogen and oxygen atoms in total. The number of hydrogen-bond donors (Lipinski definition) is 1. The SMILES string of the molecule is CC(=O)c1cc(F)ccc1Nc1cccc([N+](=O)[O-])c1. The topological polar surface area (TPSA) is 72.2 Å². The van der Waals surface area contributed by atoms with Crippen molar-refractivity contribution < 1.29 is 14.1 Å². The number of nitro groups is 1.